The first kappa shape index (κ1) is 24.5. The van der Waals surface area contributed by atoms with Crippen molar-refractivity contribution in [1.29, 1.82) is 0 Å². The maximum atomic E-state index is 4.99. The number of pyridine rings is 1. The third-order valence-electron chi connectivity index (χ3n) is 9.59. The lowest BCUT2D eigenvalue weighted by Gasteiger charge is -2.11. The van der Waals surface area contributed by atoms with Gasteiger partial charge >= 0.3 is 0 Å². The number of para-hydroxylation sites is 1. The molecule has 0 amide bonds. The largest absolute Gasteiger partial charge is 0.294 e. The molecule has 0 N–H and O–H groups in total. The van der Waals surface area contributed by atoms with Crippen LogP contribution in [0.1, 0.15) is 0 Å². The summed E-state index contributed by atoms with van der Waals surface area (Å²) >= 11 is 0. The highest BCUT2D eigenvalue weighted by Gasteiger charge is 2.22. The highest BCUT2D eigenvalue weighted by molar-refractivity contribution is 6.21. The minimum Gasteiger partial charge on any atom is -0.294 e. The van der Waals surface area contributed by atoms with Crippen molar-refractivity contribution in [2.24, 2.45) is 0 Å². The number of nitrogens with zero attached hydrogens (tertiary/aromatic N) is 2. The van der Waals surface area contributed by atoms with Crippen LogP contribution in [0.3, 0.4) is 0 Å². The average Bonchev–Trinajstić information content (AvgIpc) is 3.63. The first-order valence-corrected chi connectivity index (χ1v) is 15.5. The normalized spacial score (nSPS) is 12.0. The molecule has 7 aromatic carbocycles. The lowest BCUT2D eigenvalue weighted by Crippen LogP contribution is -1.94. The molecular formula is C43H26N2. The minimum atomic E-state index is 0.983. The highest BCUT2D eigenvalue weighted by atomic mass is 15.0. The van der Waals surface area contributed by atoms with Crippen molar-refractivity contribution >= 4 is 43.5 Å². The van der Waals surface area contributed by atoms with Gasteiger partial charge in [-0.3, -0.25) is 4.57 Å². The van der Waals surface area contributed by atoms with Crippen molar-refractivity contribution in [3.8, 4) is 50.2 Å². The Labute approximate surface area is 260 Å². The van der Waals surface area contributed by atoms with Crippen LogP contribution in [0.4, 0.5) is 0 Å². The van der Waals surface area contributed by atoms with Crippen molar-refractivity contribution in [1.82, 2.24) is 9.55 Å². The number of aromatic nitrogens is 2. The van der Waals surface area contributed by atoms with Crippen LogP contribution in [0, 0.1) is 0 Å². The predicted octanol–water partition coefficient (Wildman–Crippen LogP) is 11.5. The second-order valence-electron chi connectivity index (χ2n) is 12.0. The van der Waals surface area contributed by atoms with Crippen molar-refractivity contribution in [2.45, 2.75) is 0 Å². The SMILES string of the molecule is c1ccc(-n2c3ccc(-c4ccc(-c5ccc6c7c(cccc57)-c5ccccc5-6)cc4)cc3c3c4ccccc4cnc32)cc1. The van der Waals surface area contributed by atoms with E-state index >= 15 is 0 Å². The molecule has 0 aliphatic heterocycles. The highest BCUT2D eigenvalue weighted by Crippen LogP contribution is 2.49. The van der Waals surface area contributed by atoms with E-state index in [1.54, 1.807) is 0 Å². The summed E-state index contributed by atoms with van der Waals surface area (Å²) in [4.78, 5) is 4.99. The van der Waals surface area contributed by atoms with Crippen molar-refractivity contribution in [3.63, 3.8) is 0 Å². The maximum absolute atomic E-state index is 4.99. The third-order valence-corrected chi connectivity index (χ3v) is 9.59. The van der Waals surface area contributed by atoms with Crippen LogP contribution >= 0.6 is 0 Å². The van der Waals surface area contributed by atoms with Gasteiger partial charge in [-0.2, -0.15) is 0 Å². The minimum absolute atomic E-state index is 0.983. The van der Waals surface area contributed by atoms with Gasteiger partial charge in [-0.25, -0.2) is 4.98 Å². The Morgan fingerprint density at radius 3 is 1.89 bits per heavy atom. The number of hydrogen-bond acceptors (Lipinski definition) is 1. The Morgan fingerprint density at radius 1 is 0.400 bits per heavy atom. The van der Waals surface area contributed by atoms with Gasteiger partial charge in [-0.15, -0.1) is 0 Å². The van der Waals surface area contributed by atoms with E-state index in [9.17, 15) is 0 Å². The molecule has 45 heavy (non-hydrogen) atoms. The van der Waals surface area contributed by atoms with Crippen molar-refractivity contribution in [2.75, 3.05) is 0 Å². The maximum Gasteiger partial charge on any atom is 0.146 e. The van der Waals surface area contributed by atoms with Crippen LogP contribution in [-0.2, 0) is 0 Å². The summed E-state index contributed by atoms with van der Waals surface area (Å²) < 4.78 is 2.29. The van der Waals surface area contributed by atoms with E-state index < -0.39 is 0 Å². The molecule has 1 aliphatic carbocycles. The molecule has 2 aromatic heterocycles. The van der Waals surface area contributed by atoms with E-state index in [1.165, 1.54) is 71.4 Å². The van der Waals surface area contributed by atoms with Crippen LogP contribution in [0.15, 0.2) is 158 Å². The quantitative estimate of drug-likeness (QED) is 0.207. The first-order valence-electron chi connectivity index (χ1n) is 15.5. The van der Waals surface area contributed by atoms with Crippen LogP contribution in [0.25, 0.3) is 93.7 Å². The summed E-state index contributed by atoms with van der Waals surface area (Å²) in [7, 11) is 0. The second-order valence-corrected chi connectivity index (χ2v) is 12.0. The van der Waals surface area contributed by atoms with Crippen LogP contribution in [0.2, 0.25) is 0 Å². The number of hydrogen-bond donors (Lipinski definition) is 0. The molecule has 0 unspecified atom stereocenters. The van der Waals surface area contributed by atoms with Crippen LogP contribution in [-0.4, -0.2) is 9.55 Å². The first-order chi connectivity index (χ1) is 22.3. The smallest absolute Gasteiger partial charge is 0.146 e. The van der Waals surface area contributed by atoms with Gasteiger partial charge in [0.2, 0.25) is 0 Å². The number of benzene rings is 7. The van der Waals surface area contributed by atoms with Gasteiger partial charge in [0.15, 0.2) is 0 Å². The zero-order valence-electron chi connectivity index (χ0n) is 24.4. The summed E-state index contributed by atoms with van der Waals surface area (Å²) in [6.07, 6.45) is 1.99. The molecule has 2 heteroatoms. The average molecular weight is 571 g/mol. The summed E-state index contributed by atoms with van der Waals surface area (Å²) in [5.41, 5.74) is 13.5. The number of rotatable bonds is 3. The second kappa shape index (κ2) is 9.25. The van der Waals surface area contributed by atoms with E-state index in [1.807, 2.05) is 6.20 Å². The number of fused-ring (bicyclic) bond motifs is 8. The summed E-state index contributed by atoms with van der Waals surface area (Å²) in [5, 5.41) is 7.46. The molecule has 0 atom stereocenters. The summed E-state index contributed by atoms with van der Waals surface area (Å²) in [6, 6.07) is 55.1. The standard InChI is InChI=1S/C43H26N2/c1-2-10-31(11-3-1)45-40-24-21-29(25-39(40)42-33-12-5-4-9-30(33)26-44-43(42)45)27-17-19-28(20-18-27)32-22-23-38-35-14-7-6-13-34(35)37-16-8-15-36(32)41(37)38/h1-26H. The van der Waals surface area contributed by atoms with Gasteiger partial charge in [-0.1, -0.05) is 127 Å². The van der Waals surface area contributed by atoms with E-state index in [0.29, 0.717) is 0 Å². The van der Waals surface area contributed by atoms with Crippen LogP contribution < -0.4 is 0 Å². The molecule has 0 spiro atoms. The molecule has 0 saturated heterocycles. The topological polar surface area (TPSA) is 17.8 Å². The van der Waals surface area contributed by atoms with Gasteiger partial charge in [0, 0.05) is 28.0 Å². The molecule has 2 nitrogen and oxygen atoms in total. The molecule has 0 saturated carbocycles. The predicted molar refractivity (Wildman–Crippen MR) is 189 cm³/mol. The molecule has 9 aromatic rings. The lowest BCUT2D eigenvalue weighted by atomic mass is 9.93. The van der Waals surface area contributed by atoms with Gasteiger partial charge in [-0.05, 0) is 84.9 Å². The van der Waals surface area contributed by atoms with Gasteiger partial charge in [0.25, 0.3) is 0 Å². The molecule has 0 bridgehead atoms. The van der Waals surface area contributed by atoms with E-state index in [0.717, 1.165) is 22.2 Å². The molecule has 0 fully saturated rings. The lowest BCUT2D eigenvalue weighted by molar-refractivity contribution is 1.14. The van der Waals surface area contributed by atoms with Gasteiger partial charge in [0.05, 0.1) is 5.52 Å². The molecule has 208 valence electrons. The van der Waals surface area contributed by atoms with Crippen molar-refractivity contribution < 1.29 is 0 Å². The molecule has 1 aliphatic rings. The Bertz CT molecular complexity index is 2600. The summed E-state index contributed by atoms with van der Waals surface area (Å²) in [5.74, 6) is 0. The Morgan fingerprint density at radius 2 is 1.04 bits per heavy atom. The molecule has 0 radical (unpaired) electrons. The zero-order valence-corrected chi connectivity index (χ0v) is 24.4. The van der Waals surface area contributed by atoms with Gasteiger partial charge < -0.3 is 0 Å². The van der Waals surface area contributed by atoms with Gasteiger partial charge in [0.1, 0.15) is 5.65 Å². The zero-order chi connectivity index (χ0) is 29.5. The fourth-order valence-electron chi connectivity index (χ4n) is 7.55. The fraction of sp³-hybridized carbons (Fsp3) is 0. The Balaban J connectivity index is 1.13. The fourth-order valence-corrected chi connectivity index (χ4v) is 7.55. The monoisotopic (exact) mass is 570 g/mol. The Kier molecular flexibility index (Phi) is 5.03. The van der Waals surface area contributed by atoms with Crippen molar-refractivity contribution in [3.05, 3.63) is 158 Å². The molecule has 10 rings (SSSR count). The van der Waals surface area contributed by atoms with Crippen LogP contribution in [0.5, 0.6) is 0 Å². The molecular weight excluding hydrogens is 544 g/mol. The third kappa shape index (κ3) is 3.48. The summed E-state index contributed by atoms with van der Waals surface area (Å²) in [6.45, 7) is 0. The van der Waals surface area contributed by atoms with E-state index in [-0.39, 0.29) is 0 Å². The van der Waals surface area contributed by atoms with E-state index in [4.69, 9.17) is 4.98 Å². The Hall–Kier alpha value is -5.99. The van der Waals surface area contributed by atoms with E-state index in [2.05, 4.69) is 156 Å². The molecule has 2 heterocycles.